The minimum absolute atomic E-state index is 0.865. The smallest absolute Gasteiger partial charge is 0.144 e. The van der Waals surface area contributed by atoms with Gasteiger partial charge in [0.2, 0.25) is 0 Å². The van der Waals surface area contributed by atoms with E-state index in [1.807, 2.05) is 18.7 Å². The first-order chi connectivity index (χ1) is 5.83. The van der Waals surface area contributed by atoms with Crippen molar-refractivity contribution in [2.75, 3.05) is 23.9 Å². The molecule has 66 valence electrons. The highest BCUT2D eigenvalue weighted by atomic mass is 32.2. The van der Waals surface area contributed by atoms with Crippen LogP contribution in [0.15, 0.2) is 12.4 Å². The predicted octanol–water partition coefficient (Wildman–Crippen LogP) is 1.56. The molecule has 0 aromatic carbocycles. The van der Waals surface area contributed by atoms with E-state index in [1.165, 1.54) is 0 Å². The molecule has 0 aliphatic carbocycles. The molecule has 0 atom stereocenters. The van der Waals surface area contributed by atoms with Crippen LogP contribution in [0, 0.1) is 6.92 Å². The Kier molecular flexibility index (Phi) is 3.87. The minimum atomic E-state index is 0.865. The first kappa shape index (κ1) is 9.32. The third kappa shape index (κ3) is 3.09. The van der Waals surface area contributed by atoms with Gasteiger partial charge in [0.05, 0.1) is 11.9 Å². The van der Waals surface area contributed by atoms with Crippen LogP contribution in [0.4, 0.5) is 5.82 Å². The van der Waals surface area contributed by atoms with Crippen molar-refractivity contribution in [3.63, 3.8) is 0 Å². The minimum Gasteiger partial charge on any atom is -0.368 e. The van der Waals surface area contributed by atoms with E-state index in [4.69, 9.17) is 0 Å². The number of aromatic nitrogens is 2. The third-order valence-corrected chi connectivity index (χ3v) is 1.98. The summed E-state index contributed by atoms with van der Waals surface area (Å²) < 4.78 is 0. The van der Waals surface area contributed by atoms with E-state index in [-0.39, 0.29) is 0 Å². The van der Waals surface area contributed by atoms with Gasteiger partial charge in [-0.15, -0.1) is 0 Å². The molecule has 0 saturated carbocycles. The maximum atomic E-state index is 4.26. The second-order valence-corrected chi connectivity index (χ2v) is 3.45. The van der Waals surface area contributed by atoms with Crippen molar-refractivity contribution in [3.8, 4) is 0 Å². The molecule has 0 fully saturated rings. The van der Waals surface area contributed by atoms with E-state index >= 15 is 0 Å². The molecule has 0 bridgehead atoms. The van der Waals surface area contributed by atoms with E-state index in [0.29, 0.717) is 0 Å². The van der Waals surface area contributed by atoms with E-state index < -0.39 is 0 Å². The second-order valence-electron chi connectivity index (χ2n) is 2.47. The Morgan fingerprint density at radius 2 is 2.33 bits per heavy atom. The molecule has 0 amide bonds. The Morgan fingerprint density at radius 3 is 3.00 bits per heavy atom. The lowest BCUT2D eigenvalue weighted by molar-refractivity contribution is 1.08. The molecular weight excluding hydrogens is 170 g/mol. The zero-order valence-corrected chi connectivity index (χ0v) is 8.19. The lowest BCUT2D eigenvalue weighted by Crippen LogP contribution is -2.06. The molecule has 1 heterocycles. The number of aryl methyl sites for hydroxylation is 1. The van der Waals surface area contributed by atoms with Crippen molar-refractivity contribution in [3.05, 3.63) is 18.1 Å². The fraction of sp³-hybridized carbons (Fsp3) is 0.500. The molecule has 12 heavy (non-hydrogen) atoms. The van der Waals surface area contributed by atoms with Gasteiger partial charge in [0.15, 0.2) is 0 Å². The topological polar surface area (TPSA) is 37.8 Å². The molecule has 1 aromatic heterocycles. The number of hydrogen-bond donors (Lipinski definition) is 1. The number of nitrogens with zero attached hydrogens (tertiary/aromatic N) is 2. The Labute approximate surface area is 77.0 Å². The Morgan fingerprint density at radius 1 is 1.50 bits per heavy atom. The Hall–Kier alpha value is -0.770. The molecule has 4 heteroatoms. The first-order valence-electron chi connectivity index (χ1n) is 3.84. The average Bonchev–Trinajstić information content (AvgIpc) is 2.05. The lowest BCUT2D eigenvalue weighted by Gasteiger charge is -2.03. The quantitative estimate of drug-likeness (QED) is 0.719. The van der Waals surface area contributed by atoms with Gasteiger partial charge in [-0.2, -0.15) is 11.8 Å². The Bertz CT molecular complexity index is 239. The van der Waals surface area contributed by atoms with E-state index in [1.54, 1.807) is 12.4 Å². The number of hydrogen-bond acceptors (Lipinski definition) is 4. The van der Waals surface area contributed by atoms with E-state index in [0.717, 1.165) is 23.8 Å². The predicted molar refractivity (Wildman–Crippen MR) is 53.6 cm³/mol. The van der Waals surface area contributed by atoms with Crippen LogP contribution in [0.1, 0.15) is 5.69 Å². The van der Waals surface area contributed by atoms with Crippen LogP contribution in [-0.4, -0.2) is 28.5 Å². The number of nitrogens with one attached hydrogen (secondary N) is 1. The van der Waals surface area contributed by atoms with Gasteiger partial charge in [0.1, 0.15) is 5.82 Å². The summed E-state index contributed by atoms with van der Waals surface area (Å²) in [7, 11) is 0. The summed E-state index contributed by atoms with van der Waals surface area (Å²) in [6.45, 7) is 2.88. The highest BCUT2D eigenvalue weighted by Crippen LogP contribution is 2.00. The zero-order valence-electron chi connectivity index (χ0n) is 7.37. The second kappa shape index (κ2) is 4.98. The Balaban J connectivity index is 2.41. The molecule has 3 nitrogen and oxygen atoms in total. The van der Waals surface area contributed by atoms with Crippen LogP contribution in [0.2, 0.25) is 0 Å². The molecule has 0 aliphatic rings. The molecule has 1 rings (SSSR count). The molecular formula is C8H13N3S. The van der Waals surface area contributed by atoms with Gasteiger partial charge >= 0.3 is 0 Å². The van der Waals surface area contributed by atoms with E-state index in [2.05, 4.69) is 21.5 Å². The number of rotatable bonds is 4. The zero-order chi connectivity index (χ0) is 8.81. The van der Waals surface area contributed by atoms with Crippen LogP contribution in [0.25, 0.3) is 0 Å². The summed E-state index contributed by atoms with van der Waals surface area (Å²) in [6, 6.07) is 0. The monoisotopic (exact) mass is 183 g/mol. The van der Waals surface area contributed by atoms with Gasteiger partial charge in [0, 0.05) is 18.5 Å². The van der Waals surface area contributed by atoms with Crippen LogP contribution < -0.4 is 5.32 Å². The van der Waals surface area contributed by atoms with Gasteiger partial charge in [-0.1, -0.05) is 0 Å². The third-order valence-electron chi connectivity index (χ3n) is 1.37. The van der Waals surface area contributed by atoms with Gasteiger partial charge in [-0.25, -0.2) is 4.98 Å². The molecule has 0 unspecified atom stereocenters. The highest BCUT2D eigenvalue weighted by Gasteiger charge is 1.92. The summed E-state index contributed by atoms with van der Waals surface area (Å²) in [4.78, 5) is 8.29. The van der Waals surface area contributed by atoms with Crippen molar-refractivity contribution in [1.82, 2.24) is 9.97 Å². The maximum Gasteiger partial charge on any atom is 0.144 e. The number of thioether (sulfide) groups is 1. The number of anilines is 1. The van der Waals surface area contributed by atoms with Gasteiger partial charge in [-0.3, -0.25) is 4.98 Å². The lowest BCUT2D eigenvalue weighted by atomic mass is 10.5. The van der Waals surface area contributed by atoms with Crippen LogP contribution in [0.5, 0.6) is 0 Å². The van der Waals surface area contributed by atoms with Gasteiger partial charge in [-0.05, 0) is 13.2 Å². The SMILES string of the molecule is CSCCNc1cncc(C)n1. The van der Waals surface area contributed by atoms with Crippen LogP contribution in [0.3, 0.4) is 0 Å². The first-order valence-corrected chi connectivity index (χ1v) is 5.24. The fourth-order valence-electron chi connectivity index (χ4n) is 0.830. The molecule has 0 aliphatic heterocycles. The fourth-order valence-corrected chi connectivity index (χ4v) is 1.14. The summed E-state index contributed by atoms with van der Waals surface area (Å²) in [5.41, 5.74) is 0.948. The highest BCUT2D eigenvalue weighted by molar-refractivity contribution is 7.98. The summed E-state index contributed by atoms with van der Waals surface area (Å²) >= 11 is 1.81. The molecule has 0 spiro atoms. The maximum absolute atomic E-state index is 4.26. The van der Waals surface area contributed by atoms with Crippen molar-refractivity contribution in [2.24, 2.45) is 0 Å². The average molecular weight is 183 g/mol. The van der Waals surface area contributed by atoms with Gasteiger partial charge in [0.25, 0.3) is 0 Å². The summed E-state index contributed by atoms with van der Waals surface area (Å²) in [5.74, 6) is 1.96. The van der Waals surface area contributed by atoms with Crippen LogP contribution >= 0.6 is 11.8 Å². The van der Waals surface area contributed by atoms with Crippen molar-refractivity contribution < 1.29 is 0 Å². The standard InChI is InChI=1S/C8H13N3S/c1-7-5-9-6-8(11-7)10-3-4-12-2/h5-6H,3-4H2,1-2H3,(H,10,11). The summed E-state index contributed by atoms with van der Waals surface area (Å²) in [5, 5.41) is 3.19. The van der Waals surface area contributed by atoms with E-state index in [9.17, 15) is 0 Å². The molecule has 1 aromatic rings. The van der Waals surface area contributed by atoms with Crippen molar-refractivity contribution >= 4 is 17.6 Å². The molecule has 0 saturated heterocycles. The van der Waals surface area contributed by atoms with Crippen molar-refractivity contribution in [1.29, 1.82) is 0 Å². The summed E-state index contributed by atoms with van der Waals surface area (Å²) in [6.07, 6.45) is 5.58. The van der Waals surface area contributed by atoms with Gasteiger partial charge < -0.3 is 5.32 Å². The van der Waals surface area contributed by atoms with Crippen LogP contribution in [-0.2, 0) is 0 Å². The molecule has 0 radical (unpaired) electrons. The largest absolute Gasteiger partial charge is 0.368 e. The molecule has 1 N–H and O–H groups in total. The normalized spacial score (nSPS) is 9.83. The van der Waals surface area contributed by atoms with Crippen molar-refractivity contribution in [2.45, 2.75) is 6.92 Å².